The molecule has 1 fully saturated rings. The molecule has 176 valence electrons. The van der Waals surface area contributed by atoms with Crippen LogP contribution in [0.2, 0.25) is 0 Å². The van der Waals surface area contributed by atoms with Crippen molar-refractivity contribution in [1.29, 1.82) is 0 Å². The van der Waals surface area contributed by atoms with E-state index in [1.54, 1.807) is 11.8 Å². The summed E-state index contributed by atoms with van der Waals surface area (Å²) in [6.45, 7) is 5.12. The van der Waals surface area contributed by atoms with Crippen molar-refractivity contribution in [1.82, 2.24) is 10.4 Å². The van der Waals surface area contributed by atoms with Crippen LogP contribution in [0.3, 0.4) is 0 Å². The summed E-state index contributed by atoms with van der Waals surface area (Å²) in [5.74, 6) is -0.101. The van der Waals surface area contributed by atoms with Crippen molar-refractivity contribution in [3.8, 4) is 11.1 Å². The van der Waals surface area contributed by atoms with Crippen molar-refractivity contribution >= 4 is 23.2 Å². The van der Waals surface area contributed by atoms with E-state index >= 15 is 0 Å². The largest absolute Gasteiger partial charge is 0.350 e. The summed E-state index contributed by atoms with van der Waals surface area (Å²) in [4.78, 5) is 20.8. The fraction of sp³-hybridized carbons (Fsp3) is 0.444. The van der Waals surface area contributed by atoms with Gasteiger partial charge in [-0.25, -0.2) is 10.3 Å². The van der Waals surface area contributed by atoms with E-state index in [1.807, 2.05) is 19.2 Å². The van der Waals surface area contributed by atoms with E-state index in [2.05, 4.69) is 65.0 Å². The van der Waals surface area contributed by atoms with E-state index in [9.17, 15) is 4.79 Å². The molecule has 2 aliphatic rings. The first-order chi connectivity index (χ1) is 16.1. The lowest BCUT2D eigenvalue weighted by molar-refractivity contribution is -0.201. The highest BCUT2D eigenvalue weighted by molar-refractivity contribution is 8.00. The normalized spacial score (nSPS) is 21.2. The highest BCUT2D eigenvalue weighted by Crippen LogP contribution is 2.29. The third kappa shape index (κ3) is 6.27. The van der Waals surface area contributed by atoms with Crippen LogP contribution < -0.4 is 5.48 Å². The van der Waals surface area contributed by atoms with E-state index in [-0.39, 0.29) is 12.2 Å². The number of hydroxylamine groups is 1. The molecule has 2 aromatic carbocycles. The molecule has 4 rings (SSSR count). The number of carbonyl (C=O) groups is 1. The fourth-order valence-electron chi connectivity index (χ4n) is 4.31. The lowest BCUT2D eigenvalue weighted by atomic mass is 9.96. The SMILES string of the molecule is CSC(C)(CN1CC=C(c2ccc(-c3ccccc3)cc2)CC1)C(=O)NOC1CCCCO1. The molecular weight excluding hydrogens is 432 g/mol. The molecule has 0 bridgehead atoms. The van der Waals surface area contributed by atoms with Gasteiger partial charge in [0.15, 0.2) is 6.29 Å². The highest BCUT2D eigenvalue weighted by Gasteiger charge is 2.35. The smallest absolute Gasteiger partial charge is 0.260 e. The summed E-state index contributed by atoms with van der Waals surface area (Å²) in [6, 6.07) is 19.3. The Kier molecular flexibility index (Phi) is 8.25. The van der Waals surface area contributed by atoms with Gasteiger partial charge in [0, 0.05) is 32.7 Å². The number of benzene rings is 2. The van der Waals surface area contributed by atoms with Crippen LogP contribution in [0.1, 0.15) is 38.2 Å². The van der Waals surface area contributed by atoms with Crippen molar-refractivity contribution in [2.45, 2.75) is 43.6 Å². The number of carbonyl (C=O) groups excluding carboxylic acids is 1. The summed E-state index contributed by atoms with van der Waals surface area (Å²) in [6.07, 6.45) is 7.87. The highest BCUT2D eigenvalue weighted by atomic mass is 32.2. The first kappa shape index (κ1) is 24.0. The fourth-order valence-corrected chi connectivity index (χ4v) is 4.85. The zero-order valence-electron chi connectivity index (χ0n) is 19.6. The molecule has 2 aliphatic heterocycles. The lowest BCUT2D eigenvalue weighted by Crippen LogP contribution is -2.51. The molecule has 0 radical (unpaired) electrons. The van der Waals surface area contributed by atoms with Crippen molar-refractivity contribution in [3.05, 3.63) is 66.2 Å². The summed E-state index contributed by atoms with van der Waals surface area (Å²) in [7, 11) is 0. The molecule has 0 aromatic heterocycles. The van der Waals surface area contributed by atoms with Gasteiger partial charge in [0.05, 0.1) is 0 Å². The minimum Gasteiger partial charge on any atom is -0.350 e. The van der Waals surface area contributed by atoms with Gasteiger partial charge in [-0.2, -0.15) is 0 Å². The van der Waals surface area contributed by atoms with Gasteiger partial charge in [-0.1, -0.05) is 60.7 Å². The summed E-state index contributed by atoms with van der Waals surface area (Å²) >= 11 is 1.56. The standard InChI is InChI=1S/C27H34N2O3S/c1-27(33-2,26(30)28-32-25-10-6-7-19-31-25)20-29-17-15-24(16-18-29)23-13-11-22(12-14-23)21-8-4-3-5-9-21/h3-5,8-9,11-15,25H,6-7,10,16-20H2,1-2H3,(H,28,30). The van der Waals surface area contributed by atoms with E-state index in [0.717, 1.165) is 38.8 Å². The Balaban J connectivity index is 1.32. The second-order valence-corrected chi connectivity index (χ2v) is 10.2. The number of hydrogen-bond donors (Lipinski definition) is 1. The Morgan fingerprint density at radius 3 is 2.48 bits per heavy atom. The summed E-state index contributed by atoms with van der Waals surface area (Å²) in [5.41, 5.74) is 7.79. The maximum Gasteiger partial charge on any atom is 0.260 e. The molecule has 2 atom stereocenters. The molecular formula is C27H34N2O3S. The number of nitrogens with one attached hydrogen (secondary N) is 1. The molecule has 2 unspecified atom stereocenters. The van der Waals surface area contributed by atoms with Crippen molar-refractivity contribution in [3.63, 3.8) is 0 Å². The van der Waals surface area contributed by atoms with E-state index in [4.69, 9.17) is 9.57 Å². The van der Waals surface area contributed by atoms with Gasteiger partial charge in [0.2, 0.25) is 0 Å². The average molecular weight is 467 g/mol. The van der Waals surface area contributed by atoms with Gasteiger partial charge in [-0.15, -0.1) is 11.8 Å². The van der Waals surface area contributed by atoms with Crippen molar-refractivity contribution in [2.24, 2.45) is 0 Å². The van der Waals surface area contributed by atoms with Crippen LogP contribution >= 0.6 is 11.8 Å². The Morgan fingerprint density at radius 1 is 1.12 bits per heavy atom. The minimum absolute atomic E-state index is 0.101. The zero-order chi connectivity index (χ0) is 23.1. The zero-order valence-corrected chi connectivity index (χ0v) is 20.4. The first-order valence-electron chi connectivity index (χ1n) is 11.8. The number of amides is 1. The van der Waals surface area contributed by atoms with Gasteiger partial charge < -0.3 is 4.74 Å². The third-order valence-electron chi connectivity index (χ3n) is 6.53. The van der Waals surface area contributed by atoms with Crippen molar-refractivity contribution in [2.75, 3.05) is 32.5 Å². The predicted octanol–water partition coefficient (Wildman–Crippen LogP) is 5.14. The third-order valence-corrected chi connectivity index (χ3v) is 7.75. The van der Waals surface area contributed by atoms with Gasteiger partial charge in [0.1, 0.15) is 4.75 Å². The summed E-state index contributed by atoms with van der Waals surface area (Å²) in [5, 5.41) is 0. The molecule has 1 N–H and O–H groups in total. The van der Waals surface area contributed by atoms with Gasteiger partial charge in [0.25, 0.3) is 5.91 Å². The molecule has 1 amide bonds. The second-order valence-electron chi connectivity index (χ2n) is 8.94. The number of thioether (sulfide) groups is 1. The molecule has 0 spiro atoms. The number of ether oxygens (including phenoxy) is 1. The Morgan fingerprint density at radius 2 is 1.85 bits per heavy atom. The molecule has 5 nitrogen and oxygen atoms in total. The predicted molar refractivity (Wildman–Crippen MR) is 136 cm³/mol. The molecule has 2 heterocycles. The average Bonchev–Trinajstić information content (AvgIpc) is 2.89. The molecule has 2 aromatic rings. The second kappa shape index (κ2) is 11.3. The van der Waals surface area contributed by atoms with Crippen LogP contribution in [-0.4, -0.2) is 54.3 Å². The van der Waals surface area contributed by atoms with E-state index in [0.29, 0.717) is 13.2 Å². The van der Waals surface area contributed by atoms with Gasteiger partial charge in [-0.3, -0.25) is 9.69 Å². The molecule has 0 aliphatic carbocycles. The van der Waals surface area contributed by atoms with E-state index < -0.39 is 4.75 Å². The number of nitrogens with zero attached hydrogens (tertiary/aromatic N) is 1. The van der Waals surface area contributed by atoms with Crippen LogP contribution in [0.4, 0.5) is 0 Å². The maximum absolute atomic E-state index is 12.9. The Hall–Kier alpha value is -2.12. The summed E-state index contributed by atoms with van der Waals surface area (Å²) < 4.78 is 4.96. The topological polar surface area (TPSA) is 50.8 Å². The molecule has 6 heteroatoms. The van der Waals surface area contributed by atoms with Crippen LogP contribution in [0.25, 0.3) is 16.7 Å². The van der Waals surface area contributed by atoms with Crippen LogP contribution in [0.15, 0.2) is 60.7 Å². The quantitative estimate of drug-likeness (QED) is 0.546. The first-order valence-corrected chi connectivity index (χ1v) is 13.0. The Labute approximate surface area is 201 Å². The van der Waals surface area contributed by atoms with Crippen LogP contribution in [0.5, 0.6) is 0 Å². The molecule has 1 saturated heterocycles. The van der Waals surface area contributed by atoms with Gasteiger partial charge >= 0.3 is 0 Å². The van der Waals surface area contributed by atoms with E-state index in [1.165, 1.54) is 22.3 Å². The number of hydrogen-bond acceptors (Lipinski definition) is 5. The molecule has 33 heavy (non-hydrogen) atoms. The van der Waals surface area contributed by atoms with Crippen molar-refractivity contribution < 1.29 is 14.4 Å². The van der Waals surface area contributed by atoms with Crippen LogP contribution in [-0.2, 0) is 14.4 Å². The lowest BCUT2D eigenvalue weighted by Gasteiger charge is -2.35. The Bertz CT molecular complexity index is 942. The maximum atomic E-state index is 12.9. The molecule has 0 saturated carbocycles. The minimum atomic E-state index is -0.586. The monoisotopic (exact) mass is 466 g/mol. The van der Waals surface area contributed by atoms with Crippen LogP contribution in [0, 0.1) is 0 Å². The number of rotatable bonds is 8. The van der Waals surface area contributed by atoms with Gasteiger partial charge in [-0.05, 0) is 54.7 Å².